The summed E-state index contributed by atoms with van der Waals surface area (Å²) in [5.41, 5.74) is 11.6. The summed E-state index contributed by atoms with van der Waals surface area (Å²) in [6.07, 6.45) is 10.9. The zero-order valence-electron chi connectivity index (χ0n) is 17.4. The Kier molecular flexibility index (Phi) is 4.38. The van der Waals surface area contributed by atoms with Crippen molar-refractivity contribution in [2.24, 2.45) is 5.41 Å². The molecule has 29 heavy (non-hydrogen) atoms. The van der Waals surface area contributed by atoms with Crippen LogP contribution in [-0.4, -0.2) is 19.4 Å². The molecule has 1 atom stereocenters. The highest BCUT2D eigenvalue weighted by Gasteiger charge is 2.45. The monoisotopic (exact) mass is 388 g/mol. The van der Waals surface area contributed by atoms with Crippen molar-refractivity contribution in [2.45, 2.75) is 64.7 Å². The summed E-state index contributed by atoms with van der Waals surface area (Å²) in [6, 6.07) is 6.01. The Bertz CT molecular complexity index is 1030. The first kappa shape index (κ1) is 18.6. The number of methoxy groups -OCH3 is 1. The Balaban J connectivity index is 1.56. The first-order valence-electron chi connectivity index (χ1n) is 10.9. The number of benzene rings is 2. The minimum absolute atomic E-state index is 0.161. The number of ether oxygens (including phenoxy) is 1. The Morgan fingerprint density at radius 1 is 1.00 bits per heavy atom. The molecule has 3 aliphatic carbocycles. The van der Waals surface area contributed by atoms with Crippen molar-refractivity contribution in [1.82, 2.24) is 0 Å². The predicted octanol–water partition coefficient (Wildman–Crippen LogP) is 4.61. The average molecular weight is 389 g/mol. The van der Waals surface area contributed by atoms with E-state index in [1.165, 1.54) is 59.8 Å². The molecule has 0 saturated carbocycles. The molecule has 2 aromatic carbocycles. The fourth-order valence-corrected chi connectivity index (χ4v) is 6.36. The molecule has 0 bridgehead atoms. The summed E-state index contributed by atoms with van der Waals surface area (Å²) in [4.78, 5) is 24.1. The maximum atomic E-state index is 12.2. The normalized spacial score (nSPS) is 21.6. The molecule has 1 unspecified atom stereocenters. The second-order valence-electron chi connectivity index (χ2n) is 9.17. The molecular weight excluding hydrogens is 360 g/mol. The van der Waals surface area contributed by atoms with Crippen LogP contribution in [0.1, 0.15) is 79.4 Å². The summed E-state index contributed by atoms with van der Waals surface area (Å²) in [6.45, 7) is 2.19. The zero-order valence-corrected chi connectivity index (χ0v) is 17.4. The second kappa shape index (κ2) is 6.83. The Morgan fingerprint density at radius 2 is 1.72 bits per heavy atom. The van der Waals surface area contributed by atoms with Crippen LogP contribution in [0, 0.1) is 5.41 Å². The van der Waals surface area contributed by atoms with Crippen LogP contribution in [0.3, 0.4) is 0 Å². The number of esters is 1. The van der Waals surface area contributed by atoms with Gasteiger partial charge in [0.25, 0.3) is 0 Å². The molecule has 0 aliphatic heterocycles. The van der Waals surface area contributed by atoms with Crippen molar-refractivity contribution in [3.05, 3.63) is 68.3 Å². The van der Waals surface area contributed by atoms with Gasteiger partial charge in [0.05, 0.1) is 12.7 Å². The van der Waals surface area contributed by atoms with E-state index in [4.69, 9.17) is 4.74 Å². The number of carbonyl (C=O) groups is 2. The van der Waals surface area contributed by atoms with Crippen molar-refractivity contribution in [3.63, 3.8) is 0 Å². The van der Waals surface area contributed by atoms with E-state index < -0.39 is 0 Å². The molecule has 0 radical (unpaired) electrons. The molecule has 0 heterocycles. The van der Waals surface area contributed by atoms with E-state index in [1.807, 2.05) is 12.1 Å². The summed E-state index contributed by atoms with van der Waals surface area (Å²) in [5.74, 6) is -0.270. The maximum absolute atomic E-state index is 12.2. The lowest BCUT2D eigenvalue weighted by Gasteiger charge is -2.25. The molecule has 0 saturated heterocycles. The van der Waals surface area contributed by atoms with Crippen LogP contribution in [0.2, 0.25) is 0 Å². The molecule has 3 aliphatic rings. The third-order valence-electron chi connectivity index (χ3n) is 7.54. The van der Waals surface area contributed by atoms with Crippen molar-refractivity contribution in [2.75, 3.05) is 7.11 Å². The van der Waals surface area contributed by atoms with Crippen molar-refractivity contribution >= 4 is 12.3 Å². The van der Waals surface area contributed by atoms with Gasteiger partial charge in [0.2, 0.25) is 0 Å². The zero-order chi connectivity index (χ0) is 20.2. The lowest BCUT2D eigenvalue weighted by molar-refractivity contribution is 0.0600. The second-order valence-corrected chi connectivity index (χ2v) is 9.17. The smallest absolute Gasteiger partial charge is 0.337 e. The van der Waals surface area contributed by atoms with E-state index in [9.17, 15) is 9.59 Å². The van der Waals surface area contributed by atoms with Crippen LogP contribution in [0.4, 0.5) is 0 Å². The summed E-state index contributed by atoms with van der Waals surface area (Å²) >= 11 is 0. The van der Waals surface area contributed by atoms with Crippen LogP contribution < -0.4 is 0 Å². The fourth-order valence-electron chi connectivity index (χ4n) is 6.36. The third kappa shape index (κ3) is 2.78. The van der Waals surface area contributed by atoms with Gasteiger partial charge >= 0.3 is 5.97 Å². The molecule has 5 rings (SSSR count). The minimum Gasteiger partial charge on any atom is -0.465 e. The summed E-state index contributed by atoms with van der Waals surface area (Å²) in [7, 11) is 1.43. The average Bonchev–Trinajstić information content (AvgIpc) is 3.30. The van der Waals surface area contributed by atoms with Crippen molar-refractivity contribution in [3.8, 4) is 0 Å². The molecular formula is C26H28O3. The molecule has 0 amide bonds. The van der Waals surface area contributed by atoms with Gasteiger partial charge in [-0.15, -0.1) is 0 Å². The van der Waals surface area contributed by atoms with Gasteiger partial charge in [0.15, 0.2) is 6.29 Å². The topological polar surface area (TPSA) is 43.4 Å². The van der Waals surface area contributed by atoms with Gasteiger partial charge in [0, 0.05) is 5.56 Å². The molecule has 1 spiro atoms. The molecule has 0 fully saturated rings. The van der Waals surface area contributed by atoms with E-state index in [2.05, 4.69) is 13.0 Å². The van der Waals surface area contributed by atoms with E-state index in [-0.39, 0.29) is 11.4 Å². The standard InChI is InChI=1S/C26H28O3/c1-3-19-20-6-4-5-7-21(20)22-13-26(14-23(22)24(19)15-27)11-17-9-8-16(25(28)29-2)10-18(17)12-26/h8-10,15H,3-7,11-14H2,1-2H3. The number of fused-ring (bicyclic) bond motifs is 4. The highest BCUT2D eigenvalue weighted by Crippen LogP contribution is 2.51. The fraction of sp³-hybridized carbons (Fsp3) is 0.462. The SMILES string of the molecule is CCc1c(C=O)c2c(c3c1CCCC3)CC1(Cc3ccc(C(=O)OC)cc3C1)C2. The lowest BCUT2D eigenvalue weighted by atomic mass is 9.80. The van der Waals surface area contributed by atoms with Gasteiger partial charge in [-0.1, -0.05) is 13.0 Å². The molecule has 0 N–H and O–H groups in total. The van der Waals surface area contributed by atoms with E-state index >= 15 is 0 Å². The van der Waals surface area contributed by atoms with E-state index in [0.717, 1.165) is 50.4 Å². The molecule has 150 valence electrons. The Labute approximate surface area is 172 Å². The predicted molar refractivity (Wildman–Crippen MR) is 113 cm³/mol. The number of rotatable bonds is 3. The van der Waals surface area contributed by atoms with Gasteiger partial charge < -0.3 is 4.74 Å². The lowest BCUT2D eigenvalue weighted by Crippen LogP contribution is -2.21. The van der Waals surface area contributed by atoms with Crippen LogP contribution in [-0.2, 0) is 49.7 Å². The van der Waals surface area contributed by atoms with E-state index in [0.29, 0.717) is 5.56 Å². The molecule has 3 nitrogen and oxygen atoms in total. The van der Waals surface area contributed by atoms with Crippen molar-refractivity contribution in [1.29, 1.82) is 0 Å². The van der Waals surface area contributed by atoms with Gasteiger partial charge in [-0.25, -0.2) is 4.79 Å². The van der Waals surface area contributed by atoms with Gasteiger partial charge in [-0.3, -0.25) is 4.79 Å². The highest BCUT2D eigenvalue weighted by atomic mass is 16.5. The van der Waals surface area contributed by atoms with Gasteiger partial charge in [0.1, 0.15) is 0 Å². The number of hydrogen-bond acceptors (Lipinski definition) is 3. The first-order chi connectivity index (χ1) is 14.1. The van der Waals surface area contributed by atoms with Crippen LogP contribution in [0.5, 0.6) is 0 Å². The van der Waals surface area contributed by atoms with Crippen LogP contribution in [0.15, 0.2) is 18.2 Å². The number of carbonyl (C=O) groups excluding carboxylic acids is 2. The number of hydrogen-bond donors (Lipinski definition) is 0. The Hall–Kier alpha value is -2.42. The van der Waals surface area contributed by atoms with Crippen LogP contribution >= 0.6 is 0 Å². The Morgan fingerprint density at radius 3 is 2.45 bits per heavy atom. The van der Waals surface area contributed by atoms with Crippen LogP contribution in [0.25, 0.3) is 0 Å². The third-order valence-corrected chi connectivity index (χ3v) is 7.54. The molecule has 2 aromatic rings. The molecule has 0 aromatic heterocycles. The quantitative estimate of drug-likeness (QED) is 0.570. The number of aldehydes is 1. The largest absolute Gasteiger partial charge is 0.465 e. The van der Waals surface area contributed by atoms with E-state index in [1.54, 1.807) is 5.56 Å². The first-order valence-corrected chi connectivity index (χ1v) is 10.9. The van der Waals surface area contributed by atoms with Gasteiger partial charge in [-0.05, 0) is 114 Å². The van der Waals surface area contributed by atoms with Crippen molar-refractivity contribution < 1.29 is 14.3 Å². The van der Waals surface area contributed by atoms with Gasteiger partial charge in [-0.2, -0.15) is 0 Å². The maximum Gasteiger partial charge on any atom is 0.337 e. The highest BCUT2D eigenvalue weighted by molar-refractivity contribution is 5.89. The minimum atomic E-state index is -0.270. The molecule has 3 heteroatoms. The summed E-state index contributed by atoms with van der Waals surface area (Å²) < 4.78 is 4.90. The summed E-state index contributed by atoms with van der Waals surface area (Å²) in [5, 5.41) is 0.